The third-order valence-electron chi connectivity index (χ3n) is 4.39. The molecule has 1 heterocycles. The van der Waals surface area contributed by atoms with E-state index < -0.39 is 5.60 Å². The van der Waals surface area contributed by atoms with Crippen LogP contribution < -0.4 is 0 Å². The Morgan fingerprint density at radius 3 is 2.76 bits per heavy atom. The Bertz CT molecular complexity index is 733. The molecule has 0 spiro atoms. The van der Waals surface area contributed by atoms with Crippen molar-refractivity contribution < 1.29 is 5.11 Å². The molecular weight excluding hydrogens is 258 g/mol. The minimum Gasteiger partial charge on any atom is -0.385 e. The molecule has 2 nitrogen and oxygen atoms in total. The minimum atomic E-state index is -0.853. The number of para-hydroxylation sites is 1. The Morgan fingerprint density at radius 2 is 2.05 bits per heavy atom. The highest BCUT2D eigenvalue weighted by Crippen LogP contribution is 2.43. The van der Waals surface area contributed by atoms with Crippen molar-refractivity contribution in [1.82, 2.24) is 4.57 Å². The molecule has 1 aromatic carbocycles. The van der Waals surface area contributed by atoms with Crippen LogP contribution in [0.25, 0.3) is 17.0 Å². The summed E-state index contributed by atoms with van der Waals surface area (Å²) < 4.78 is 2.27. The highest BCUT2D eigenvalue weighted by Gasteiger charge is 2.37. The van der Waals surface area contributed by atoms with Crippen molar-refractivity contribution in [3.05, 3.63) is 66.9 Å². The fourth-order valence-electron chi connectivity index (χ4n) is 3.39. The summed E-state index contributed by atoms with van der Waals surface area (Å²) in [7, 11) is 0. The van der Waals surface area contributed by atoms with Crippen molar-refractivity contribution in [3.8, 4) is 0 Å². The van der Waals surface area contributed by atoms with Gasteiger partial charge in [-0.15, -0.1) is 13.2 Å². The van der Waals surface area contributed by atoms with E-state index in [2.05, 4.69) is 48.1 Å². The Labute approximate surface area is 125 Å². The van der Waals surface area contributed by atoms with E-state index in [9.17, 15) is 5.11 Å². The topological polar surface area (TPSA) is 25.2 Å². The van der Waals surface area contributed by atoms with Crippen LogP contribution in [0.1, 0.15) is 30.5 Å². The molecule has 1 N–H and O–H groups in total. The van der Waals surface area contributed by atoms with Gasteiger partial charge in [0, 0.05) is 34.6 Å². The zero-order valence-corrected chi connectivity index (χ0v) is 12.4. The highest BCUT2D eigenvalue weighted by molar-refractivity contribution is 5.92. The first kappa shape index (κ1) is 13.9. The van der Waals surface area contributed by atoms with E-state index in [1.54, 1.807) is 0 Å². The lowest BCUT2D eigenvalue weighted by Crippen LogP contribution is -2.34. The van der Waals surface area contributed by atoms with Crippen molar-refractivity contribution >= 4 is 17.0 Å². The van der Waals surface area contributed by atoms with E-state index in [-0.39, 0.29) is 5.92 Å². The maximum atomic E-state index is 10.8. The minimum absolute atomic E-state index is 0.0161. The predicted molar refractivity (Wildman–Crippen MR) is 89.3 cm³/mol. The Hall–Kier alpha value is -2.06. The van der Waals surface area contributed by atoms with Gasteiger partial charge >= 0.3 is 0 Å². The van der Waals surface area contributed by atoms with Crippen molar-refractivity contribution in [2.24, 2.45) is 0 Å². The molecule has 0 saturated carbocycles. The molecule has 3 rings (SSSR count). The van der Waals surface area contributed by atoms with Crippen molar-refractivity contribution in [2.45, 2.75) is 31.4 Å². The Morgan fingerprint density at radius 1 is 1.29 bits per heavy atom. The van der Waals surface area contributed by atoms with Crippen LogP contribution in [0.3, 0.4) is 0 Å². The molecule has 21 heavy (non-hydrogen) atoms. The van der Waals surface area contributed by atoms with Gasteiger partial charge in [0.2, 0.25) is 0 Å². The van der Waals surface area contributed by atoms with E-state index in [1.165, 1.54) is 22.2 Å². The van der Waals surface area contributed by atoms with E-state index in [0.29, 0.717) is 0 Å². The number of hydrogen-bond donors (Lipinski definition) is 1. The average Bonchev–Trinajstić information content (AvgIpc) is 2.77. The van der Waals surface area contributed by atoms with Gasteiger partial charge in [-0.25, -0.2) is 0 Å². The van der Waals surface area contributed by atoms with Gasteiger partial charge < -0.3 is 9.67 Å². The second kappa shape index (κ2) is 5.05. The quantitative estimate of drug-likeness (QED) is 0.831. The van der Waals surface area contributed by atoms with E-state index in [0.717, 1.165) is 13.0 Å². The van der Waals surface area contributed by atoms with Gasteiger partial charge in [0.05, 0.1) is 5.60 Å². The monoisotopic (exact) mass is 279 g/mol. The number of rotatable bonds is 4. The van der Waals surface area contributed by atoms with Crippen molar-refractivity contribution in [2.75, 3.05) is 0 Å². The molecule has 2 atom stereocenters. The summed E-state index contributed by atoms with van der Waals surface area (Å²) in [5.41, 5.74) is 2.74. The number of fused-ring (bicyclic) bond motifs is 3. The van der Waals surface area contributed by atoms with Crippen LogP contribution in [0, 0.1) is 0 Å². The smallest absolute Gasteiger partial charge is 0.0888 e. The first-order valence-electron chi connectivity index (χ1n) is 7.34. The van der Waals surface area contributed by atoms with Crippen LogP contribution >= 0.6 is 0 Å². The molecule has 0 aliphatic heterocycles. The van der Waals surface area contributed by atoms with E-state index in [4.69, 9.17) is 0 Å². The van der Waals surface area contributed by atoms with E-state index >= 15 is 0 Å². The molecule has 2 heteroatoms. The summed E-state index contributed by atoms with van der Waals surface area (Å²) in [6.45, 7) is 10.4. The second-order valence-corrected chi connectivity index (χ2v) is 5.85. The summed E-state index contributed by atoms with van der Waals surface area (Å²) in [5, 5.41) is 12.0. The van der Waals surface area contributed by atoms with Gasteiger partial charge in [0.1, 0.15) is 0 Å². The number of nitrogens with zero attached hydrogens (tertiary/aromatic N) is 1. The van der Waals surface area contributed by atoms with Crippen LogP contribution in [-0.4, -0.2) is 15.3 Å². The molecule has 1 aromatic heterocycles. The van der Waals surface area contributed by atoms with Gasteiger partial charge in [-0.1, -0.05) is 42.5 Å². The van der Waals surface area contributed by atoms with Crippen molar-refractivity contribution in [3.63, 3.8) is 0 Å². The average molecular weight is 279 g/mol. The van der Waals surface area contributed by atoms with Crippen LogP contribution in [-0.2, 0) is 6.54 Å². The first-order valence-corrected chi connectivity index (χ1v) is 7.34. The molecule has 0 amide bonds. The molecule has 0 bridgehead atoms. The van der Waals surface area contributed by atoms with Crippen LogP contribution in [0.2, 0.25) is 0 Å². The fraction of sp³-hybridized carbons (Fsp3) is 0.263. The zero-order valence-electron chi connectivity index (χ0n) is 12.4. The van der Waals surface area contributed by atoms with Gasteiger partial charge in [-0.05, 0) is 19.4 Å². The largest absolute Gasteiger partial charge is 0.385 e. The predicted octanol–water partition coefficient (Wildman–Crippen LogP) is 4.26. The molecule has 1 aliphatic carbocycles. The Kier molecular flexibility index (Phi) is 3.34. The third kappa shape index (κ3) is 2.07. The van der Waals surface area contributed by atoms with Gasteiger partial charge in [0.25, 0.3) is 0 Å². The maximum Gasteiger partial charge on any atom is 0.0888 e. The molecule has 0 radical (unpaired) electrons. The molecular formula is C19H21NO. The molecule has 2 aromatic rings. The van der Waals surface area contributed by atoms with E-state index in [1.807, 2.05) is 25.2 Å². The SMILES string of the molecule is C=CCC1c2c(c3ccccc3n2CC=C)C=CC1(C)O. The third-order valence-corrected chi connectivity index (χ3v) is 4.39. The van der Waals surface area contributed by atoms with Gasteiger partial charge in [-0.2, -0.15) is 0 Å². The number of hydrogen-bond acceptors (Lipinski definition) is 1. The van der Waals surface area contributed by atoms with Gasteiger partial charge in [0.15, 0.2) is 0 Å². The number of aliphatic hydroxyl groups is 1. The normalized spacial score (nSPS) is 24.0. The lowest BCUT2D eigenvalue weighted by molar-refractivity contribution is 0.0773. The van der Waals surface area contributed by atoms with Gasteiger partial charge in [-0.3, -0.25) is 0 Å². The number of allylic oxidation sites excluding steroid dienone is 2. The summed E-state index contributed by atoms with van der Waals surface area (Å²) >= 11 is 0. The summed E-state index contributed by atoms with van der Waals surface area (Å²) in [6.07, 6.45) is 8.51. The summed E-state index contributed by atoms with van der Waals surface area (Å²) in [5.74, 6) is 0.0161. The standard InChI is InChI=1S/C19H21NO/c1-4-8-16-18-15(11-12-19(16,3)21)14-9-6-7-10-17(14)20(18)13-5-2/h4-7,9-12,16,21H,1-2,8,13H2,3H3. The Balaban J connectivity index is 2.35. The molecule has 0 saturated heterocycles. The van der Waals surface area contributed by atoms with Crippen LogP contribution in [0.5, 0.6) is 0 Å². The molecule has 2 unspecified atom stereocenters. The molecule has 1 aliphatic rings. The zero-order chi connectivity index (χ0) is 15.0. The molecule has 108 valence electrons. The second-order valence-electron chi connectivity index (χ2n) is 5.85. The summed E-state index contributed by atoms with van der Waals surface area (Å²) in [4.78, 5) is 0. The van der Waals surface area contributed by atoms with Crippen LogP contribution in [0.4, 0.5) is 0 Å². The summed E-state index contributed by atoms with van der Waals surface area (Å²) in [6, 6.07) is 8.38. The van der Waals surface area contributed by atoms with Crippen LogP contribution in [0.15, 0.2) is 55.7 Å². The lowest BCUT2D eigenvalue weighted by atomic mass is 9.78. The highest BCUT2D eigenvalue weighted by atomic mass is 16.3. The maximum absolute atomic E-state index is 10.8. The number of aromatic nitrogens is 1. The molecule has 0 fully saturated rings. The number of benzene rings is 1. The fourth-order valence-corrected chi connectivity index (χ4v) is 3.39. The van der Waals surface area contributed by atoms with Crippen molar-refractivity contribution in [1.29, 1.82) is 0 Å². The lowest BCUT2D eigenvalue weighted by Gasteiger charge is -2.34. The first-order chi connectivity index (χ1) is 10.1.